The maximum absolute atomic E-state index is 11.2. The maximum atomic E-state index is 11.2. The fraction of sp³-hybridized carbons (Fsp3) is 0.562. The molecule has 0 fully saturated rings. The van der Waals surface area contributed by atoms with Gasteiger partial charge in [0.2, 0.25) is 5.91 Å². The van der Waals surface area contributed by atoms with Crippen LogP contribution in [0.15, 0.2) is 18.2 Å². The number of likely N-dealkylation sites (N-methyl/N-ethyl adjacent to an activating group) is 1. The van der Waals surface area contributed by atoms with Gasteiger partial charge in [-0.3, -0.25) is 4.79 Å². The van der Waals surface area contributed by atoms with Gasteiger partial charge in [0.15, 0.2) is 0 Å². The van der Waals surface area contributed by atoms with E-state index in [1.807, 2.05) is 13.1 Å². The van der Waals surface area contributed by atoms with Crippen molar-refractivity contribution in [3.63, 3.8) is 0 Å². The van der Waals surface area contributed by atoms with Gasteiger partial charge in [0, 0.05) is 20.5 Å². The minimum absolute atomic E-state index is 0.0494. The van der Waals surface area contributed by atoms with Gasteiger partial charge in [-0.05, 0) is 29.0 Å². The molecule has 1 aromatic carbocycles. The van der Waals surface area contributed by atoms with Crippen molar-refractivity contribution in [3.05, 3.63) is 29.3 Å². The third-order valence-corrected chi connectivity index (χ3v) is 3.35. The summed E-state index contributed by atoms with van der Waals surface area (Å²) in [5, 5.41) is 0. The molecule has 0 radical (unpaired) electrons. The molecular formula is C16H25NO2. The van der Waals surface area contributed by atoms with Gasteiger partial charge >= 0.3 is 0 Å². The summed E-state index contributed by atoms with van der Waals surface area (Å²) in [7, 11) is 3.53. The Hall–Kier alpha value is -1.51. The zero-order valence-electron chi connectivity index (χ0n) is 12.9. The molecular weight excluding hydrogens is 238 g/mol. The lowest BCUT2D eigenvalue weighted by atomic mass is 9.85. The van der Waals surface area contributed by atoms with Crippen LogP contribution in [-0.2, 0) is 16.6 Å². The van der Waals surface area contributed by atoms with Crippen LogP contribution in [0.3, 0.4) is 0 Å². The minimum atomic E-state index is 0.0494. The van der Waals surface area contributed by atoms with Gasteiger partial charge < -0.3 is 9.64 Å². The van der Waals surface area contributed by atoms with Gasteiger partial charge in [0.25, 0.3) is 0 Å². The number of carbonyl (C=O) groups is 1. The number of amides is 1. The molecule has 0 saturated heterocycles. The summed E-state index contributed by atoms with van der Waals surface area (Å²) in [6.45, 7) is 8.86. The van der Waals surface area contributed by atoms with Crippen molar-refractivity contribution in [1.82, 2.24) is 4.90 Å². The zero-order chi connectivity index (χ0) is 14.6. The first-order valence-electron chi connectivity index (χ1n) is 6.65. The largest absolute Gasteiger partial charge is 0.496 e. The summed E-state index contributed by atoms with van der Waals surface area (Å²) in [5.74, 6) is 1.03. The molecule has 0 aliphatic rings. The van der Waals surface area contributed by atoms with Crippen LogP contribution >= 0.6 is 0 Å². The summed E-state index contributed by atoms with van der Waals surface area (Å²) in [4.78, 5) is 12.9. The smallest absolute Gasteiger partial charge is 0.219 e. The quantitative estimate of drug-likeness (QED) is 0.835. The molecule has 3 heteroatoms. The zero-order valence-corrected chi connectivity index (χ0v) is 12.9. The molecule has 106 valence electrons. The van der Waals surface area contributed by atoms with E-state index in [4.69, 9.17) is 4.74 Å². The number of benzene rings is 1. The van der Waals surface area contributed by atoms with Crippen molar-refractivity contribution >= 4 is 5.91 Å². The lowest BCUT2D eigenvalue weighted by molar-refractivity contribution is -0.127. The van der Waals surface area contributed by atoms with E-state index in [1.54, 1.807) is 18.9 Å². The average Bonchev–Trinajstić information content (AvgIpc) is 2.34. The lowest BCUT2D eigenvalue weighted by Crippen LogP contribution is -2.26. The molecule has 0 heterocycles. The van der Waals surface area contributed by atoms with Crippen LogP contribution in [-0.4, -0.2) is 31.5 Å². The van der Waals surface area contributed by atoms with E-state index in [-0.39, 0.29) is 11.3 Å². The van der Waals surface area contributed by atoms with Crippen molar-refractivity contribution in [1.29, 1.82) is 0 Å². The minimum Gasteiger partial charge on any atom is -0.496 e. The van der Waals surface area contributed by atoms with Gasteiger partial charge in [-0.1, -0.05) is 32.9 Å². The Morgan fingerprint density at radius 3 is 2.42 bits per heavy atom. The molecule has 1 rings (SSSR count). The lowest BCUT2D eigenvalue weighted by Gasteiger charge is -2.23. The Bertz CT molecular complexity index is 447. The Balaban J connectivity index is 2.90. The summed E-state index contributed by atoms with van der Waals surface area (Å²) >= 11 is 0. The topological polar surface area (TPSA) is 29.5 Å². The molecule has 0 unspecified atom stereocenters. The summed E-state index contributed by atoms with van der Waals surface area (Å²) in [6, 6.07) is 6.28. The molecule has 3 nitrogen and oxygen atoms in total. The van der Waals surface area contributed by atoms with Crippen LogP contribution in [0, 0.1) is 0 Å². The van der Waals surface area contributed by atoms with Gasteiger partial charge in [0.1, 0.15) is 5.75 Å². The highest BCUT2D eigenvalue weighted by Gasteiger charge is 2.19. The third kappa shape index (κ3) is 4.27. The number of hydrogen-bond acceptors (Lipinski definition) is 2. The molecule has 1 aromatic rings. The molecule has 0 atom stereocenters. The fourth-order valence-electron chi connectivity index (χ4n) is 1.95. The highest BCUT2D eigenvalue weighted by molar-refractivity contribution is 5.72. The van der Waals surface area contributed by atoms with Crippen LogP contribution in [0.2, 0.25) is 0 Å². The van der Waals surface area contributed by atoms with Gasteiger partial charge in [-0.25, -0.2) is 0 Å². The predicted octanol–water partition coefficient (Wildman–Crippen LogP) is 3.01. The first kappa shape index (κ1) is 15.5. The highest BCUT2D eigenvalue weighted by atomic mass is 16.5. The molecule has 0 bridgehead atoms. The Labute approximate surface area is 116 Å². The van der Waals surface area contributed by atoms with E-state index in [9.17, 15) is 4.79 Å². The number of methoxy groups -OCH3 is 1. The van der Waals surface area contributed by atoms with Gasteiger partial charge in [-0.2, -0.15) is 0 Å². The third-order valence-electron chi connectivity index (χ3n) is 3.35. The second-order valence-corrected chi connectivity index (χ2v) is 5.98. The number of rotatable bonds is 4. The van der Waals surface area contributed by atoms with Crippen molar-refractivity contribution < 1.29 is 9.53 Å². The van der Waals surface area contributed by atoms with Gasteiger partial charge in [0.05, 0.1) is 7.11 Å². The van der Waals surface area contributed by atoms with Gasteiger partial charge in [-0.15, -0.1) is 0 Å². The van der Waals surface area contributed by atoms with Crippen LogP contribution in [0.5, 0.6) is 5.75 Å². The number of nitrogens with zero attached hydrogens (tertiary/aromatic N) is 1. The number of hydrogen-bond donors (Lipinski definition) is 0. The van der Waals surface area contributed by atoms with E-state index < -0.39 is 0 Å². The first-order chi connectivity index (χ1) is 8.75. The van der Waals surface area contributed by atoms with Crippen molar-refractivity contribution in [2.45, 2.75) is 39.5 Å². The Morgan fingerprint density at radius 2 is 1.95 bits per heavy atom. The van der Waals surface area contributed by atoms with Crippen LogP contribution in [0.4, 0.5) is 0 Å². The Morgan fingerprint density at radius 1 is 1.32 bits per heavy atom. The molecule has 0 aromatic heterocycles. The summed E-state index contributed by atoms with van der Waals surface area (Å²) < 4.78 is 5.43. The molecule has 0 aliphatic heterocycles. The van der Waals surface area contributed by atoms with E-state index in [1.165, 1.54) is 11.1 Å². The molecule has 0 N–H and O–H groups in total. The van der Waals surface area contributed by atoms with Crippen molar-refractivity contribution in [2.75, 3.05) is 20.7 Å². The molecule has 0 spiro atoms. The second-order valence-electron chi connectivity index (χ2n) is 5.98. The standard InChI is InChI=1S/C16H25NO2/c1-12(18)17(5)10-9-13-7-8-15(19-6)14(11-13)16(2,3)4/h7-8,11H,9-10H2,1-6H3. The number of ether oxygens (including phenoxy) is 1. The van der Waals surface area contributed by atoms with Crippen molar-refractivity contribution in [2.24, 2.45) is 0 Å². The normalized spacial score (nSPS) is 11.3. The van der Waals surface area contributed by atoms with E-state index in [0.717, 1.165) is 18.7 Å². The molecule has 0 saturated carbocycles. The van der Waals surface area contributed by atoms with Crippen molar-refractivity contribution in [3.8, 4) is 5.75 Å². The SMILES string of the molecule is COc1ccc(CCN(C)C(C)=O)cc1C(C)(C)C. The maximum Gasteiger partial charge on any atom is 0.219 e. The number of carbonyl (C=O) groups excluding carboxylic acids is 1. The molecule has 1 amide bonds. The van der Waals surface area contributed by atoms with E-state index >= 15 is 0 Å². The summed E-state index contributed by atoms with van der Waals surface area (Å²) in [6.07, 6.45) is 0.864. The average molecular weight is 263 g/mol. The monoisotopic (exact) mass is 263 g/mol. The highest BCUT2D eigenvalue weighted by Crippen LogP contribution is 2.32. The van der Waals surface area contributed by atoms with E-state index in [0.29, 0.717) is 0 Å². The van der Waals surface area contributed by atoms with Crippen LogP contribution < -0.4 is 4.74 Å². The van der Waals surface area contributed by atoms with Crippen LogP contribution in [0.25, 0.3) is 0 Å². The summed E-state index contributed by atoms with van der Waals surface area (Å²) in [5.41, 5.74) is 2.49. The Kier molecular flexibility index (Phi) is 4.98. The first-order valence-corrected chi connectivity index (χ1v) is 6.65. The fourth-order valence-corrected chi connectivity index (χ4v) is 1.95. The molecule has 19 heavy (non-hydrogen) atoms. The second kappa shape index (κ2) is 6.09. The predicted molar refractivity (Wildman–Crippen MR) is 78.7 cm³/mol. The molecule has 0 aliphatic carbocycles. The van der Waals surface area contributed by atoms with Crippen LogP contribution in [0.1, 0.15) is 38.8 Å². The van der Waals surface area contributed by atoms with E-state index in [2.05, 4.69) is 32.9 Å².